The summed E-state index contributed by atoms with van der Waals surface area (Å²) in [6, 6.07) is 6.24. The minimum Gasteiger partial charge on any atom is -0.454 e. The van der Waals surface area contributed by atoms with Crippen molar-refractivity contribution in [3.05, 3.63) is 77.9 Å². The van der Waals surface area contributed by atoms with Gasteiger partial charge in [0.2, 0.25) is 6.79 Å². The van der Waals surface area contributed by atoms with E-state index in [9.17, 15) is 34.4 Å². The number of halogens is 4. The molecule has 0 aliphatic carbocycles. The third kappa shape index (κ3) is 3.62. The predicted molar refractivity (Wildman–Crippen MR) is 102 cm³/mol. The van der Waals surface area contributed by atoms with Crippen molar-refractivity contribution in [2.24, 2.45) is 0 Å². The largest absolute Gasteiger partial charge is 0.454 e. The fraction of sp³-hybridized carbons (Fsp3) is 0.0526. The molecule has 13 heteroatoms. The first-order chi connectivity index (χ1) is 15.0. The zero-order valence-electron chi connectivity index (χ0n) is 15.6. The zero-order chi connectivity index (χ0) is 23.3. The first kappa shape index (κ1) is 21.9. The summed E-state index contributed by atoms with van der Waals surface area (Å²) in [6.07, 6.45) is 0. The van der Waals surface area contributed by atoms with Gasteiger partial charge in [-0.15, -0.1) is 0 Å². The van der Waals surface area contributed by atoms with Crippen LogP contribution in [0, 0.1) is 23.3 Å². The number of fused-ring (bicyclic) bond motifs is 1. The van der Waals surface area contributed by atoms with E-state index in [0.29, 0.717) is 36.4 Å². The van der Waals surface area contributed by atoms with E-state index in [1.165, 1.54) is 6.07 Å². The Balaban J connectivity index is 1.96. The van der Waals surface area contributed by atoms with E-state index in [4.69, 9.17) is 9.47 Å². The average Bonchev–Trinajstić information content (AvgIpc) is 3.19. The fourth-order valence-corrected chi connectivity index (χ4v) is 6.57. The van der Waals surface area contributed by atoms with Gasteiger partial charge in [0.05, 0.1) is 15.5 Å². The van der Waals surface area contributed by atoms with Gasteiger partial charge in [0.1, 0.15) is 0 Å². The smallest absolute Gasteiger partial charge is 0.277 e. The molecule has 1 aliphatic rings. The van der Waals surface area contributed by atoms with Crippen LogP contribution in [0.1, 0.15) is 0 Å². The molecule has 3 aromatic carbocycles. The average molecular weight is 489 g/mol. The molecule has 3 aromatic rings. The number of ether oxygens (including phenoxy) is 2. The molecule has 1 aliphatic heterocycles. The summed E-state index contributed by atoms with van der Waals surface area (Å²) in [4.78, 5) is -1.81. The quantitative estimate of drug-likeness (QED) is 0.510. The number of benzene rings is 3. The Kier molecular flexibility index (Phi) is 5.25. The van der Waals surface area contributed by atoms with Gasteiger partial charge >= 0.3 is 0 Å². The van der Waals surface area contributed by atoms with E-state index in [1.54, 1.807) is 0 Å². The van der Waals surface area contributed by atoms with Gasteiger partial charge < -0.3 is 9.47 Å². The highest BCUT2D eigenvalue weighted by atomic mass is 32.3. The topological polar surface area (TPSA) is 90.0 Å². The fourth-order valence-electron chi connectivity index (χ4n) is 2.87. The van der Waals surface area contributed by atoms with Gasteiger partial charge in [-0.2, -0.15) is 3.71 Å². The second-order valence-corrected chi connectivity index (χ2v) is 10.2. The predicted octanol–water partition coefficient (Wildman–Crippen LogP) is 3.56. The van der Waals surface area contributed by atoms with Gasteiger partial charge in [0.15, 0.2) is 34.8 Å². The van der Waals surface area contributed by atoms with Crippen LogP contribution in [0.2, 0.25) is 0 Å². The zero-order valence-corrected chi connectivity index (χ0v) is 17.3. The number of hydrogen-bond donors (Lipinski definition) is 0. The standard InChI is InChI=1S/C19H11F4NO6S2/c20-14-4-2-12(8-16(14)22)31(25,26)24(11-1-6-18-19(7-11)30-10-29-18)32(27,28)13-3-5-15(21)17(23)9-13/h1-9H,10H2. The molecule has 0 bridgehead atoms. The van der Waals surface area contributed by atoms with Crippen molar-refractivity contribution in [2.45, 2.75) is 9.79 Å². The number of sulfonamides is 2. The van der Waals surface area contributed by atoms with Crippen molar-refractivity contribution in [3.8, 4) is 11.5 Å². The number of nitrogens with zero attached hydrogens (tertiary/aromatic N) is 1. The Bertz CT molecular complexity index is 1360. The molecule has 0 atom stereocenters. The molecule has 0 saturated heterocycles. The molecule has 168 valence electrons. The van der Waals surface area contributed by atoms with Gasteiger partial charge in [-0.3, -0.25) is 0 Å². The third-order valence-corrected chi connectivity index (χ3v) is 8.55. The van der Waals surface area contributed by atoms with Gasteiger partial charge in [0.25, 0.3) is 20.0 Å². The summed E-state index contributed by atoms with van der Waals surface area (Å²) in [5.41, 5.74) is -0.497. The highest BCUT2D eigenvalue weighted by molar-refractivity contribution is 8.10. The molecule has 0 N–H and O–H groups in total. The van der Waals surface area contributed by atoms with E-state index in [1.807, 2.05) is 0 Å². The molecule has 7 nitrogen and oxygen atoms in total. The molecule has 32 heavy (non-hydrogen) atoms. The molecule has 0 amide bonds. The van der Waals surface area contributed by atoms with Crippen LogP contribution in [0.5, 0.6) is 11.5 Å². The Hall–Kier alpha value is -3.32. The normalized spacial score (nSPS) is 13.2. The maximum atomic E-state index is 13.7. The number of anilines is 1. The van der Waals surface area contributed by atoms with Crippen molar-refractivity contribution in [1.29, 1.82) is 0 Å². The highest BCUT2D eigenvalue weighted by Crippen LogP contribution is 2.39. The molecule has 0 fully saturated rings. The minimum atomic E-state index is -5.11. The van der Waals surface area contributed by atoms with Crippen LogP contribution in [0.25, 0.3) is 0 Å². The van der Waals surface area contributed by atoms with Gasteiger partial charge in [-0.05, 0) is 48.5 Å². The van der Waals surface area contributed by atoms with E-state index in [-0.39, 0.29) is 22.0 Å². The second-order valence-electron chi connectivity index (χ2n) is 6.40. The Morgan fingerprint density at radius 1 is 0.625 bits per heavy atom. The first-order valence-electron chi connectivity index (χ1n) is 8.62. The molecule has 4 rings (SSSR count). The number of hydrogen-bond acceptors (Lipinski definition) is 6. The Morgan fingerprint density at radius 2 is 1.12 bits per heavy atom. The lowest BCUT2D eigenvalue weighted by molar-refractivity contribution is 0.174. The molecule has 0 unspecified atom stereocenters. The van der Waals surface area contributed by atoms with E-state index >= 15 is 0 Å². The van der Waals surface area contributed by atoms with Gasteiger partial charge in [0, 0.05) is 6.07 Å². The van der Waals surface area contributed by atoms with Crippen molar-refractivity contribution in [3.63, 3.8) is 0 Å². The van der Waals surface area contributed by atoms with Crippen molar-refractivity contribution in [1.82, 2.24) is 0 Å². The van der Waals surface area contributed by atoms with Crippen LogP contribution < -0.4 is 13.2 Å². The Morgan fingerprint density at radius 3 is 1.62 bits per heavy atom. The Labute approximate surface area is 179 Å². The van der Waals surface area contributed by atoms with E-state index in [2.05, 4.69) is 0 Å². The first-order valence-corrected chi connectivity index (χ1v) is 11.5. The van der Waals surface area contributed by atoms with Crippen LogP contribution in [0.15, 0.2) is 64.4 Å². The maximum Gasteiger partial charge on any atom is 0.277 e. The maximum absolute atomic E-state index is 13.7. The molecular weight excluding hydrogens is 478 g/mol. The second kappa shape index (κ2) is 7.67. The summed E-state index contributed by atoms with van der Waals surface area (Å²) >= 11 is 0. The lowest BCUT2D eigenvalue weighted by Gasteiger charge is -2.24. The monoisotopic (exact) mass is 489 g/mol. The van der Waals surface area contributed by atoms with Crippen LogP contribution in [0.4, 0.5) is 23.2 Å². The third-order valence-electron chi connectivity index (χ3n) is 4.38. The van der Waals surface area contributed by atoms with Gasteiger partial charge in [-0.25, -0.2) is 34.4 Å². The van der Waals surface area contributed by atoms with E-state index < -0.39 is 58.8 Å². The van der Waals surface area contributed by atoms with Crippen molar-refractivity contribution < 1.29 is 43.9 Å². The van der Waals surface area contributed by atoms with Gasteiger partial charge in [-0.1, -0.05) is 0 Å². The molecular formula is C19H11F4NO6S2. The molecule has 0 aromatic heterocycles. The van der Waals surface area contributed by atoms with Crippen LogP contribution >= 0.6 is 0 Å². The van der Waals surface area contributed by atoms with Crippen LogP contribution in [0.3, 0.4) is 0 Å². The summed E-state index contributed by atoms with van der Waals surface area (Å²) in [5.74, 6) is -5.59. The van der Waals surface area contributed by atoms with Crippen LogP contribution in [-0.4, -0.2) is 23.6 Å². The van der Waals surface area contributed by atoms with Crippen molar-refractivity contribution >= 4 is 25.7 Å². The summed E-state index contributed by atoms with van der Waals surface area (Å²) < 4.78 is 117. The molecule has 1 heterocycles. The summed E-state index contributed by atoms with van der Waals surface area (Å²) in [7, 11) is -10.2. The number of rotatable bonds is 5. The van der Waals surface area contributed by atoms with Crippen molar-refractivity contribution in [2.75, 3.05) is 10.5 Å². The van der Waals surface area contributed by atoms with E-state index in [0.717, 1.165) is 12.1 Å². The molecule has 0 radical (unpaired) electrons. The van der Waals surface area contributed by atoms with Crippen LogP contribution in [-0.2, 0) is 20.0 Å². The lowest BCUT2D eigenvalue weighted by Crippen LogP contribution is -2.37. The highest BCUT2D eigenvalue weighted by Gasteiger charge is 2.38. The lowest BCUT2D eigenvalue weighted by atomic mass is 10.3. The summed E-state index contributed by atoms with van der Waals surface area (Å²) in [5, 5.41) is 0. The summed E-state index contributed by atoms with van der Waals surface area (Å²) in [6.45, 7) is -0.204. The minimum absolute atomic E-state index is 0.00785. The molecule has 0 saturated carbocycles. The SMILES string of the molecule is O=S(=O)(c1ccc(F)c(F)c1)N(c1ccc2c(c1)OCO2)S(=O)(=O)c1ccc(F)c(F)c1. The molecule has 0 spiro atoms.